The minimum atomic E-state index is -0.900. The van der Waals surface area contributed by atoms with Crippen LogP contribution < -0.4 is 10.5 Å². The Hall–Kier alpha value is -2.11. The van der Waals surface area contributed by atoms with Gasteiger partial charge in [0.25, 0.3) is 5.91 Å². The van der Waals surface area contributed by atoms with Gasteiger partial charge in [-0.1, -0.05) is 18.2 Å². The lowest BCUT2D eigenvalue weighted by molar-refractivity contribution is -0.153. The van der Waals surface area contributed by atoms with Crippen molar-refractivity contribution in [3.8, 4) is 5.75 Å². The van der Waals surface area contributed by atoms with Crippen LogP contribution in [-0.4, -0.2) is 43.2 Å². The third-order valence-corrected chi connectivity index (χ3v) is 4.39. The SMILES string of the molecule is COc1ccc2cc(CN3CCO[C@](C)(C(N)=O)C3)ccc2c1. The number of fused-ring (bicyclic) bond motifs is 1. The number of methoxy groups -OCH3 is 1. The molecule has 3 rings (SSSR count). The van der Waals surface area contributed by atoms with E-state index >= 15 is 0 Å². The van der Waals surface area contributed by atoms with Gasteiger partial charge in [0.1, 0.15) is 5.75 Å². The fourth-order valence-corrected chi connectivity index (χ4v) is 2.99. The molecule has 1 saturated heterocycles. The lowest BCUT2D eigenvalue weighted by Gasteiger charge is -2.38. The fourth-order valence-electron chi connectivity index (χ4n) is 2.99. The van der Waals surface area contributed by atoms with E-state index in [1.807, 2.05) is 12.1 Å². The van der Waals surface area contributed by atoms with E-state index in [-0.39, 0.29) is 0 Å². The van der Waals surface area contributed by atoms with Gasteiger partial charge in [0.2, 0.25) is 0 Å². The minimum Gasteiger partial charge on any atom is -0.497 e. The predicted molar refractivity (Wildman–Crippen MR) is 89.3 cm³/mol. The highest BCUT2D eigenvalue weighted by Crippen LogP contribution is 2.24. The van der Waals surface area contributed by atoms with Gasteiger partial charge in [0.05, 0.1) is 13.7 Å². The monoisotopic (exact) mass is 314 g/mol. The van der Waals surface area contributed by atoms with Crippen molar-refractivity contribution in [2.75, 3.05) is 26.8 Å². The highest BCUT2D eigenvalue weighted by Gasteiger charge is 2.37. The van der Waals surface area contributed by atoms with E-state index in [1.54, 1.807) is 14.0 Å². The Bertz CT molecular complexity index is 731. The van der Waals surface area contributed by atoms with Crippen LogP contribution >= 0.6 is 0 Å². The molecule has 2 aromatic rings. The summed E-state index contributed by atoms with van der Waals surface area (Å²) in [5.41, 5.74) is 5.76. The van der Waals surface area contributed by atoms with Gasteiger partial charge in [0, 0.05) is 19.6 Å². The molecule has 1 amide bonds. The Morgan fingerprint density at radius 2 is 2.04 bits per heavy atom. The predicted octanol–water partition coefficient (Wildman–Crippen LogP) is 1.92. The highest BCUT2D eigenvalue weighted by molar-refractivity contribution is 5.84. The number of rotatable bonds is 4. The largest absolute Gasteiger partial charge is 0.497 e. The second-order valence-corrected chi connectivity index (χ2v) is 6.20. The van der Waals surface area contributed by atoms with E-state index in [4.69, 9.17) is 15.2 Å². The normalized spacial score (nSPS) is 22.2. The van der Waals surface area contributed by atoms with E-state index in [2.05, 4.69) is 29.2 Å². The number of amides is 1. The summed E-state index contributed by atoms with van der Waals surface area (Å²) < 4.78 is 10.8. The summed E-state index contributed by atoms with van der Waals surface area (Å²) in [6.07, 6.45) is 0. The Balaban J connectivity index is 1.77. The van der Waals surface area contributed by atoms with Gasteiger partial charge in [-0.3, -0.25) is 9.69 Å². The first-order valence-electron chi connectivity index (χ1n) is 7.73. The van der Waals surface area contributed by atoms with Gasteiger partial charge in [-0.05, 0) is 41.5 Å². The molecule has 1 fully saturated rings. The summed E-state index contributed by atoms with van der Waals surface area (Å²) in [7, 11) is 1.67. The van der Waals surface area contributed by atoms with Crippen molar-refractivity contribution < 1.29 is 14.3 Å². The molecule has 1 heterocycles. The minimum absolute atomic E-state index is 0.409. The molecule has 1 aliphatic rings. The lowest BCUT2D eigenvalue weighted by atomic mass is 10.0. The molecule has 5 heteroatoms. The smallest absolute Gasteiger partial charge is 0.250 e. The maximum absolute atomic E-state index is 11.6. The topological polar surface area (TPSA) is 64.8 Å². The van der Waals surface area contributed by atoms with Crippen LogP contribution in [0.1, 0.15) is 12.5 Å². The molecule has 2 N–H and O–H groups in total. The Labute approximate surface area is 136 Å². The molecule has 0 radical (unpaired) electrons. The van der Waals surface area contributed by atoms with Gasteiger partial charge in [0.15, 0.2) is 5.60 Å². The van der Waals surface area contributed by atoms with E-state index in [1.165, 1.54) is 10.9 Å². The summed E-state index contributed by atoms with van der Waals surface area (Å²) in [5.74, 6) is 0.448. The van der Waals surface area contributed by atoms with E-state index in [0.29, 0.717) is 13.2 Å². The van der Waals surface area contributed by atoms with Crippen molar-refractivity contribution in [1.82, 2.24) is 4.90 Å². The number of hydrogen-bond acceptors (Lipinski definition) is 4. The van der Waals surface area contributed by atoms with Crippen LogP contribution in [0.15, 0.2) is 36.4 Å². The zero-order chi connectivity index (χ0) is 16.4. The highest BCUT2D eigenvalue weighted by atomic mass is 16.5. The van der Waals surface area contributed by atoms with Crippen LogP contribution in [0.3, 0.4) is 0 Å². The summed E-state index contributed by atoms with van der Waals surface area (Å²) in [4.78, 5) is 13.8. The molecule has 0 spiro atoms. The van der Waals surface area contributed by atoms with E-state index in [0.717, 1.165) is 24.2 Å². The van der Waals surface area contributed by atoms with E-state index < -0.39 is 11.5 Å². The summed E-state index contributed by atoms with van der Waals surface area (Å²) >= 11 is 0. The first kappa shape index (κ1) is 15.8. The van der Waals surface area contributed by atoms with Crippen molar-refractivity contribution >= 4 is 16.7 Å². The fraction of sp³-hybridized carbons (Fsp3) is 0.389. The number of nitrogens with zero attached hydrogens (tertiary/aromatic N) is 1. The number of nitrogens with two attached hydrogens (primary N) is 1. The quantitative estimate of drug-likeness (QED) is 0.936. The van der Waals surface area contributed by atoms with Crippen LogP contribution in [0.5, 0.6) is 5.75 Å². The molecule has 0 bridgehead atoms. The van der Waals surface area contributed by atoms with Crippen LogP contribution in [-0.2, 0) is 16.1 Å². The number of morpholine rings is 1. The first-order valence-corrected chi connectivity index (χ1v) is 7.73. The van der Waals surface area contributed by atoms with Gasteiger partial charge in [-0.25, -0.2) is 0 Å². The summed E-state index contributed by atoms with van der Waals surface area (Å²) in [6, 6.07) is 12.4. The number of primary amides is 1. The molecule has 1 atom stereocenters. The van der Waals surface area contributed by atoms with Crippen molar-refractivity contribution in [1.29, 1.82) is 0 Å². The average Bonchev–Trinajstić information content (AvgIpc) is 2.54. The third kappa shape index (κ3) is 3.30. The molecule has 2 aromatic carbocycles. The van der Waals surface area contributed by atoms with Gasteiger partial charge in [-0.2, -0.15) is 0 Å². The molecular weight excluding hydrogens is 292 g/mol. The molecule has 122 valence electrons. The maximum Gasteiger partial charge on any atom is 0.250 e. The first-order chi connectivity index (χ1) is 11.0. The number of carbonyl (C=O) groups is 1. The molecule has 0 aliphatic carbocycles. The number of benzene rings is 2. The van der Waals surface area contributed by atoms with Gasteiger partial charge < -0.3 is 15.2 Å². The van der Waals surface area contributed by atoms with Crippen molar-refractivity contribution in [3.05, 3.63) is 42.0 Å². The molecule has 1 aliphatic heterocycles. The van der Waals surface area contributed by atoms with Crippen LogP contribution in [0, 0.1) is 0 Å². The summed E-state index contributed by atoms with van der Waals surface area (Å²) in [5, 5.41) is 2.33. The molecular formula is C18H22N2O3. The number of ether oxygens (including phenoxy) is 2. The van der Waals surface area contributed by atoms with Gasteiger partial charge >= 0.3 is 0 Å². The molecule has 0 saturated carbocycles. The molecule has 23 heavy (non-hydrogen) atoms. The maximum atomic E-state index is 11.6. The van der Waals surface area contributed by atoms with Crippen LogP contribution in [0.2, 0.25) is 0 Å². The van der Waals surface area contributed by atoms with Crippen LogP contribution in [0.25, 0.3) is 10.8 Å². The summed E-state index contributed by atoms with van der Waals surface area (Å²) in [6.45, 7) is 4.36. The molecule has 5 nitrogen and oxygen atoms in total. The molecule has 0 unspecified atom stereocenters. The standard InChI is InChI=1S/C18H22N2O3/c1-18(17(19)21)12-20(7-8-23-18)11-13-3-4-15-10-16(22-2)6-5-14(15)9-13/h3-6,9-10H,7-8,11-12H2,1-2H3,(H2,19,21)/t18-/m0/s1. The third-order valence-electron chi connectivity index (χ3n) is 4.39. The van der Waals surface area contributed by atoms with Crippen molar-refractivity contribution in [3.63, 3.8) is 0 Å². The zero-order valence-corrected chi connectivity index (χ0v) is 13.5. The van der Waals surface area contributed by atoms with Crippen molar-refractivity contribution in [2.24, 2.45) is 5.73 Å². The van der Waals surface area contributed by atoms with E-state index in [9.17, 15) is 4.79 Å². The number of carbonyl (C=O) groups excluding carboxylic acids is 1. The number of hydrogen-bond donors (Lipinski definition) is 1. The second kappa shape index (κ2) is 6.18. The van der Waals surface area contributed by atoms with Crippen molar-refractivity contribution in [2.45, 2.75) is 19.1 Å². The van der Waals surface area contributed by atoms with Gasteiger partial charge in [-0.15, -0.1) is 0 Å². The Morgan fingerprint density at radius 1 is 1.30 bits per heavy atom. The Kier molecular flexibility index (Phi) is 4.24. The second-order valence-electron chi connectivity index (χ2n) is 6.20. The molecule has 0 aromatic heterocycles. The average molecular weight is 314 g/mol. The zero-order valence-electron chi connectivity index (χ0n) is 13.5. The lowest BCUT2D eigenvalue weighted by Crippen LogP contribution is -2.56. The van der Waals surface area contributed by atoms with Crippen LogP contribution in [0.4, 0.5) is 0 Å². The Morgan fingerprint density at radius 3 is 2.78 bits per heavy atom.